The lowest BCUT2D eigenvalue weighted by molar-refractivity contribution is 0.0548. The van der Waals surface area contributed by atoms with E-state index in [2.05, 4.69) is 54.9 Å². The van der Waals surface area contributed by atoms with E-state index in [1.54, 1.807) is 6.33 Å². The predicted octanol–water partition coefficient (Wildman–Crippen LogP) is 4.44. The number of allylic oxidation sites excluding steroid dienone is 2. The van der Waals surface area contributed by atoms with Crippen LogP contribution in [-0.4, -0.2) is 86.5 Å². The Labute approximate surface area is 248 Å². The van der Waals surface area contributed by atoms with E-state index in [0.717, 1.165) is 66.4 Å². The van der Waals surface area contributed by atoms with Crippen LogP contribution in [0.4, 0.5) is 5.82 Å². The van der Waals surface area contributed by atoms with Crippen LogP contribution in [0, 0.1) is 0 Å². The van der Waals surface area contributed by atoms with Crippen molar-refractivity contribution in [3.05, 3.63) is 60.6 Å². The molecular formula is C33H44N8O. The number of nitrogens with two attached hydrogens (primary N) is 1. The summed E-state index contributed by atoms with van der Waals surface area (Å²) in [4.78, 5) is 14.5. The van der Waals surface area contributed by atoms with Crippen LogP contribution in [0.15, 0.2) is 54.9 Å². The fourth-order valence-electron chi connectivity index (χ4n) is 7.46. The van der Waals surface area contributed by atoms with Gasteiger partial charge in [-0.15, -0.1) is 0 Å². The summed E-state index contributed by atoms with van der Waals surface area (Å²) in [6.07, 6.45) is 16.1. The number of nitrogen functional groups attached to an aromatic ring is 1. The zero-order valence-corrected chi connectivity index (χ0v) is 24.8. The molecule has 0 amide bonds. The zero-order chi connectivity index (χ0) is 28.5. The molecule has 2 aromatic heterocycles. The van der Waals surface area contributed by atoms with Crippen LogP contribution in [-0.2, 0) is 0 Å². The van der Waals surface area contributed by atoms with Gasteiger partial charge in [0.15, 0.2) is 5.65 Å². The first-order valence-electron chi connectivity index (χ1n) is 15.9. The van der Waals surface area contributed by atoms with E-state index in [-0.39, 0.29) is 0 Å². The van der Waals surface area contributed by atoms with Crippen LogP contribution in [0.5, 0.6) is 5.75 Å². The first kappa shape index (κ1) is 27.6. The molecule has 3 N–H and O–H groups in total. The summed E-state index contributed by atoms with van der Waals surface area (Å²) in [6.45, 7) is 9.17. The predicted molar refractivity (Wildman–Crippen MR) is 167 cm³/mol. The van der Waals surface area contributed by atoms with Gasteiger partial charge < -0.3 is 25.6 Å². The van der Waals surface area contributed by atoms with Gasteiger partial charge in [0, 0.05) is 31.6 Å². The summed E-state index contributed by atoms with van der Waals surface area (Å²) in [5.41, 5.74) is 8.80. The Kier molecular flexibility index (Phi) is 7.73. The van der Waals surface area contributed by atoms with Gasteiger partial charge in [0.1, 0.15) is 29.2 Å². The molecule has 42 heavy (non-hydrogen) atoms. The van der Waals surface area contributed by atoms with Crippen molar-refractivity contribution < 1.29 is 4.74 Å². The van der Waals surface area contributed by atoms with Crippen molar-refractivity contribution in [1.29, 1.82) is 0 Å². The second-order valence-electron chi connectivity index (χ2n) is 12.7. The maximum absolute atomic E-state index is 6.45. The van der Waals surface area contributed by atoms with Crippen LogP contribution < -0.4 is 15.8 Å². The molecule has 222 valence electrons. The summed E-state index contributed by atoms with van der Waals surface area (Å²) in [7, 11) is 0. The van der Waals surface area contributed by atoms with Crippen molar-refractivity contribution >= 4 is 22.4 Å². The Morgan fingerprint density at radius 1 is 0.881 bits per heavy atom. The third kappa shape index (κ3) is 5.57. The highest BCUT2D eigenvalue weighted by Crippen LogP contribution is 2.37. The Bertz CT molecular complexity index is 1430. The van der Waals surface area contributed by atoms with Gasteiger partial charge in [-0.3, -0.25) is 0 Å². The van der Waals surface area contributed by atoms with E-state index in [4.69, 9.17) is 15.6 Å². The van der Waals surface area contributed by atoms with Gasteiger partial charge in [0.25, 0.3) is 0 Å². The molecule has 0 radical (unpaired) electrons. The average molecular weight is 569 g/mol. The molecule has 3 aromatic rings. The number of hydrogen-bond acceptors (Lipinski definition) is 8. The summed E-state index contributed by atoms with van der Waals surface area (Å²) in [5, 5.41) is 9.54. The SMILES string of the molecule is CC1(Oc2ccccc2)C=CC(c2nn(C3CCN(C4CCN(C5CCNCC5)CC4)CC3)c3ncnc(N)c23)=CC1. The number of anilines is 1. The summed E-state index contributed by atoms with van der Waals surface area (Å²) in [6, 6.07) is 11.8. The quantitative estimate of drug-likeness (QED) is 0.451. The van der Waals surface area contributed by atoms with Gasteiger partial charge in [-0.1, -0.05) is 30.4 Å². The highest BCUT2D eigenvalue weighted by atomic mass is 16.5. The molecule has 1 aromatic carbocycles. The highest BCUT2D eigenvalue weighted by Gasteiger charge is 2.33. The first-order chi connectivity index (χ1) is 20.6. The minimum Gasteiger partial charge on any atom is -0.483 e. The van der Waals surface area contributed by atoms with Crippen LogP contribution in [0.1, 0.15) is 63.6 Å². The minimum absolute atomic E-state index is 0.307. The lowest BCUT2D eigenvalue weighted by Crippen LogP contribution is -2.51. The van der Waals surface area contributed by atoms with Gasteiger partial charge in [0.2, 0.25) is 0 Å². The monoisotopic (exact) mass is 568 g/mol. The fourth-order valence-corrected chi connectivity index (χ4v) is 7.46. The molecule has 0 spiro atoms. The molecule has 0 saturated carbocycles. The molecule has 3 saturated heterocycles. The van der Waals surface area contributed by atoms with Crippen molar-refractivity contribution in [2.75, 3.05) is 45.0 Å². The van der Waals surface area contributed by atoms with Gasteiger partial charge >= 0.3 is 0 Å². The van der Waals surface area contributed by atoms with Crippen molar-refractivity contribution in [3.8, 4) is 5.75 Å². The summed E-state index contributed by atoms with van der Waals surface area (Å²) in [5.74, 6) is 1.36. The van der Waals surface area contributed by atoms with Crippen molar-refractivity contribution in [3.63, 3.8) is 0 Å². The second-order valence-corrected chi connectivity index (χ2v) is 12.7. The number of ether oxygens (including phenoxy) is 1. The number of fused-ring (bicyclic) bond motifs is 1. The molecular weight excluding hydrogens is 524 g/mol. The average Bonchev–Trinajstić information content (AvgIpc) is 3.43. The van der Waals surface area contributed by atoms with Crippen molar-refractivity contribution in [1.82, 2.24) is 34.9 Å². The summed E-state index contributed by atoms with van der Waals surface area (Å²) < 4.78 is 8.46. The molecule has 0 bridgehead atoms. The maximum atomic E-state index is 6.45. The number of piperidine rings is 3. The van der Waals surface area contributed by atoms with Crippen molar-refractivity contribution in [2.45, 2.75) is 75.6 Å². The molecule has 5 heterocycles. The number of nitrogens with one attached hydrogen (secondary N) is 1. The largest absolute Gasteiger partial charge is 0.483 e. The highest BCUT2D eigenvalue weighted by molar-refractivity contribution is 5.97. The van der Waals surface area contributed by atoms with Crippen LogP contribution in [0.25, 0.3) is 16.6 Å². The lowest BCUT2D eigenvalue weighted by Gasteiger charge is -2.44. The molecule has 9 nitrogen and oxygen atoms in total. The number of rotatable bonds is 6. The first-order valence-corrected chi connectivity index (χ1v) is 15.9. The number of likely N-dealkylation sites (tertiary alicyclic amines) is 2. The van der Waals surface area contributed by atoms with E-state index in [1.165, 1.54) is 51.9 Å². The zero-order valence-electron chi connectivity index (χ0n) is 24.8. The van der Waals surface area contributed by atoms with Gasteiger partial charge in [-0.2, -0.15) is 5.10 Å². The van der Waals surface area contributed by atoms with Gasteiger partial charge in [-0.25, -0.2) is 14.6 Å². The van der Waals surface area contributed by atoms with E-state index in [9.17, 15) is 0 Å². The normalized spacial score (nSPS) is 25.6. The van der Waals surface area contributed by atoms with Crippen LogP contribution >= 0.6 is 0 Å². The molecule has 9 heteroatoms. The van der Waals surface area contributed by atoms with E-state index in [0.29, 0.717) is 17.9 Å². The molecule has 4 aliphatic rings. The van der Waals surface area contributed by atoms with E-state index in [1.807, 2.05) is 30.3 Å². The van der Waals surface area contributed by atoms with E-state index < -0.39 is 5.60 Å². The fraction of sp³-hybridized carbons (Fsp3) is 0.545. The minimum atomic E-state index is -0.415. The Hall–Kier alpha value is -3.27. The van der Waals surface area contributed by atoms with Gasteiger partial charge in [-0.05, 0) is 95.4 Å². The lowest BCUT2D eigenvalue weighted by atomic mass is 9.92. The second kappa shape index (κ2) is 11.8. The summed E-state index contributed by atoms with van der Waals surface area (Å²) >= 11 is 0. The van der Waals surface area contributed by atoms with Crippen molar-refractivity contribution in [2.24, 2.45) is 0 Å². The Morgan fingerprint density at radius 2 is 1.55 bits per heavy atom. The molecule has 3 fully saturated rings. The topological polar surface area (TPSA) is 97.4 Å². The third-order valence-electron chi connectivity index (χ3n) is 9.91. The van der Waals surface area contributed by atoms with Crippen LogP contribution in [0.2, 0.25) is 0 Å². The van der Waals surface area contributed by atoms with E-state index >= 15 is 0 Å². The molecule has 1 atom stereocenters. The maximum Gasteiger partial charge on any atom is 0.164 e. The van der Waals surface area contributed by atoms with Gasteiger partial charge in [0.05, 0.1) is 11.4 Å². The molecule has 1 unspecified atom stereocenters. The molecule has 7 rings (SSSR count). The Morgan fingerprint density at radius 3 is 2.21 bits per heavy atom. The molecule has 3 aliphatic heterocycles. The number of para-hydroxylation sites is 1. The Balaban J connectivity index is 1.03. The number of nitrogens with zero attached hydrogens (tertiary/aromatic N) is 6. The smallest absolute Gasteiger partial charge is 0.164 e. The standard InChI is InChI=1S/C33H44N8O/c1-33(42-28-5-3-2-4-6-28)15-7-24(8-16-33)30-29-31(34)36-23-37-32(29)41(38-30)27-13-21-40(22-14-27)26-11-19-39(20-12-26)25-9-17-35-18-10-25/h2-8,15,23,25-27,35H,9-14,16-22H2,1H3,(H2,34,36,37). The number of aromatic nitrogens is 4. The number of hydrogen-bond donors (Lipinski definition) is 2. The molecule has 1 aliphatic carbocycles. The van der Waals surface area contributed by atoms with Crippen LogP contribution in [0.3, 0.4) is 0 Å². The number of benzene rings is 1. The third-order valence-corrected chi connectivity index (χ3v) is 9.91.